The molecule has 0 spiro atoms. The molecule has 3 rings (SSSR count). The molecule has 1 saturated heterocycles. The third kappa shape index (κ3) is 3.83. The first-order valence-electron chi connectivity index (χ1n) is 8.79. The van der Waals surface area contributed by atoms with Crippen molar-refractivity contribution in [2.75, 3.05) is 31.5 Å². The Bertz CT molecular complexity index is 708. The van der Waals surface area contributed by atoms with Crippen LogP contribution in [0, 0.1) is 25.7 Å². The number of hydrogen-bond donors (Lipinski definition) is 1. The van der Waals surface area contributed by atoms with E-state index in [1.165, 1.54) is 5.56 Å². The van der Waals surface area contributed by atoms with E-state index in [2.05, 4.69) is 5.32 Å². The van der Waals surface area contributed by atoms with Gasteiger partial charge in [0.25, 0.3) is 0 Å². The molecule has 0 bridgehead atoms. The molecule has 1 aromatic carbocycles. The third-order valence-corrected chi connectivity index (χ3v) is 5.26. The van der Waals surface area contributed by atoms with Crippen molar-refractivity contribution in [3.63, 3.8) is 0 Å². The second-order valence-corrected chi connectivity index (χ2v) is 7.07. The summed E-state index contributed by atoms with van der Waals surface area (Å²) in [6.45, 7) is 7.85. The number of carbonyl (C=O) groups is 3. The van der Waals surface area contributed by atoms with E-state index in [1.54, 1.807) is 16.7 Å². The highest BCUT2D eigenvalue weighted by Gasteiger charge is 2.49. The topological polar surface area (TPSA) is 69.7 Å². The van der Waals surface area contributed by atoms with E-state index in [4.69, 9.17) is 0 Å². The van der Waals surface area contributed by atoms with Gasteiger partial charge in [0.2, 0.25) is 17.7 Å². The van der Waals surface area contributed by atoms with E-state index in [-0.39, 0.29) is 29.6 Å². The van der Waals surface area contributed by atoms with Crippen LogP contribution in [0.5, 0.6) is 0 Å². The fourth-order valence-corrected chi connectivity index (χ4v) is 3.29. The van der Waals surface area contributed by atoms with Crippen LogP contribution in [0.2, 0.25) is 0 Å². The lowest BCUT2D eigenvalue weighted by atomic mass is 10.1. The highest BCUT2D eigenvalue weighted by molar-refractivity contribution is 5.99. The molecule has 25 heavy (non-hydrogen) atoms. The highest BCUT2D eigenvalue weighted by Crippen LogP contribution is 2.41. The molecule has 0 radical (unpaired) electrons. The van der Waals surface area contributed by atoms with Crippen molar-refractivity contribution in [2.24, 2.45) is 11.8 Å². The zero-order chi connectivity index (χ0) is 18.1. The average Bonchev–Trinajstić information content (AvgIpc) is 3.38. The van der Waals surface area contributed by atoms with Crippen molar-refractivity contribution in [3.8, 4) is 0 Å². The van der Waals surface area contributed by atoms with Crippen molar-refractivity contribution >= 4 is 23.4 Å². The summed E-state index contributed by atoms with van der Waals surface area (Å²) < 4.78 is 0. The predicted octanol–water partition coefficient (Wildman–Crippen LogP) is 1.57. The van der Waals surface area contributed by atoms with Crippen LogP contribution in [-0.2, 0) is 14.4 Å². The van der Waals surface area contributed by atoms with Crippen molar-refractivity contribution < 1.29 is 14.4 Å². The number of amides is 3. The van der Waals surface area contributed by atoms with Gasteiger partial charge in [0.05, 0.1) is 11.8 Å². The summed E-state index contributed by atoms with van der Waals surface area (Å²) in [6.07, 6.45) is 0.614. The van der Waals surface area contributed by atoms with Gasteiger partial charge in [-0.15, -0.1) is 0 Å². The van der Waals surface area contributed by atoms with E-state index in [9.17, 15) is 14.4 Å². The van der Waals surface area contributed by atoms with Gasteiger partial charge in [-0.25, -0.2) is 0 Å². The Morgan fingerprint density at radius 3 is 2.20 bits per heavy atom. The van der Waals surface area contributed by atoms with Gasteiger partial charge in [-0.05, 0) is 43.5 Å². The van der Waals surface area contributed by atoms with Gasteiger partial charge in [0.1, 0.15) is 0 Å². The molecule has 6 heteroatoms. The van der Waals surface area contributed by atoms with Gasteiger partial charge in [0, 0.05) is 38.8 Å². The van der Waals surface area contributed by atoms with E-state index in [0.29, 0.717) is 32.6 Å². The normalized spacial score (nSPS) is 22.5. The van der Waals surface area contributed by atoms with Gasteiger partial charge >= 0.3 is 0 Å². The van der Waals surface area contributed by atoms with E-state index in [0.717, 1.165) is 11.3 Å². The summed E-state index contributed by atoms with van der Waals surface area (Å²) in [6, 6.07) is 5.82. The molecule has 1 N–H and O–H groups in total. The Morgan fingerprint density at radius 1 is 0.960 bits per heavy atom. The molecule has 3 amide bonds. The zero-order valence-corrected chi connectivity index (χ0v) is 15.0. The highest BCUT2D eigenvalue weighted by atomic mass is 16.2. The molecule has 0 aromatic heterocycles. The second-order valence-electron chi connectivity index (χ2n) is 7.07. The molecule has 1 aromatic rings. The lowest BCUT2D eigenvalue weighted by molar-refractivity contribution is -0.139. The van der Waals surface area contributed by atoms with Crippen molar-refractivity contribution in [1.29, 1.82) is 0 Å². The monoisotopic (exact) mass is 343 g/mol. The van der Waals surface area contributed by atoms with Crippen molar-refractivity contribution in [1.82, 2.24) is 9.80 Å². The maximum absolute atomic E-state index is 12.5. The number of rotatable bonds is 3. The number of aryl methyl sites for hydroxylation is 2. The fourth-order valence-electron chi connectivity index (χ4n) is 3.29. The van der Waals surface area contributed by atoms with Gasteiger partial charge in [-0.3, -0.25) is 14.4 Å². The summed E-state index contributed by atoms with van der Waals surface area (Å²) in [7, 11) is 0. The minimum Gasteiger partial charge on any atom is -0.339 e. The lowest BCUT2D eigenvalue weighted by Gasteiger charge is -2.34. The molecule has 2 unspecified atom stereocenters. The van der Waals surface area contributed by atoms with Gasteiger partial charge in [-0.1, -0.05) is 6.07 Å². The predicted molar refractivity (Wildman–Crippen MR) is 95.0 cm³/mol. The summed E-state index contributed by atoms with van der Waals surface area (Å²) in [5.74, 6) is -0.438. The first-order valence-corrected chi connectivity index (χ1v) is 8.79. The first-order chi connectivity index (χ1) is 11.9. The largest absolute Gasteiger partial charge is 0.339 e. The third-order valence-electron chi connectivity index (χ3n) is 5.26. The Morgan fingerprint density at radius 2 is 1.60 bits per heavy atom. The van der Waals surface area contributed by atoms with Crippen molar-refractivity contribution in [2.45, 2.75) is 27.2 Å². The van der Waals surface area contributed by atoms with E-state index < -0.39 is 0 Å². The number of piperazine rings is 1. The maximum atomic E-state index is 12.5. The molecule has 2 atom stereocenters. The van der Waals surface area contributed by atoms with Crippen LogP contribution in [0.3, 0.4) is 0 Å². The summed E-state index contributed by atoms with van der Waals surface area (Å²) in [5.41, 5.74) is 3.09. The maximum Gasteiger partial charge on any atom is 0.228 e. The Balaban J connectivity index is 1.51. The standard InChI is InChI=1S/C19H25N3O3/c1-12-4-5-15(10-13(12)2)20-18(24)16-11-17(16)19(25)22-8-6-21(7-9-22)14(3)23/h4-5,10,16-17H,6-9,11H2,1-3H3,(H,20,24). The molecular weight excluding hydrogens is 318 g/mol. The van der Waals surface area contributed by atoms with Crippen LogP contribution >= 0.6 is 0 Å². The number of nitrogens with one attached hydrogen (secondary N) is 1. The summed E-state index contributed by atoms with van der Waals surface area (Å²) >= 11 is 0. The second kappa shape index (κ2) is 6.86. The molecule has 134 valence electrons. The molecule has 2 fully saturated rings. The Labute approximate surface area is 148 Å². The molecule has 1 saturated carbocycles. The van der Waals surface area contributed by atoms with Gasteiger partial charge in [-0.2, -0.15) is 0 Å². The molecule has 6 nitrogen and oxygen atoms in total. The van der Waals surface area contributed by atoms with Crippen LogP contribution < -0.4 is 5.32 Å². The van der Waals surface area contributed by atoms with Crippen molar-refractivity contribution in [3.05, 3.63) is 29.3 Å². The van der Waals surface area contributed by atoms with Crippen LogP contribution in [0.25, 0.3) is 0 Å². The number of anilines is 1. The molecule has 2 aliphatic rings. The Hall–Kier alpha value is -2.37. The van der Waals surface area contributed by atoms with Crippen LogP contribution in [0.15, 0.2) is 18.2 Å². The fraction of sp³-hybridized carbons (Fsp3) is 0.526. The van der Waals surface area contributed by atoms with Gasteiger partial charge < -0.3 is 15.1 Å². The average molecular weight is 343 g/mol. The first kappa shape index (κ1) is 17.5. The van der Waals surface area contributed by atoms with Crippen LogP contribution in [0.1, 0.15) is 24.5 Å². The number of nitrogens with zero attached hydrogens (tertiary/aromatic N) is 2. The van der Waals surface area contributed by atoms with Gasteiger partial charge in [0.15, 0.2) is 0 Å². The lowest BCUT2D eigenvalue weighted by Crippen LogP contribution is -2.50. The minimum atomic E-state index is -0.236. The summed E-state index contributed by atoms with van der Waals surface area (Å²) in [5, 5.41) is 2.92. The van der Waals surface area contributed by atoms with E-state index in [1.807, 2.05) is 32.0 Å². The summed E-state index contributed by atoms with van der Waals surface area (Å²) in [4.78, 5) is 39.8. The molecular formula is C19H25N3O3. The molecule has 1 aliphatic carbocycles. The van der Waals surface area contributed by atoms with Crippen LogP contribution in [-0.4, -0.2) is 53.7 Å². The van der Waals surface area contributed by atoms with E-state index >= 15 is 0 Å². The SMILES string of the molecule is CC(=O)N1CCN(C(=O)C2CC2C(=O)Nc2ccc(C)c(C)c2)CC1. The zero-order valence-electron chi connectivity index (χ0n) is 15.0. The number of hydrogen-bond acceptors (Lipinski definition) is 3. The minimum absolute atomic E-state index is 0.0449. The Kier molecular flexibility index (Phi) is 4.79. The quantitative estimate of drug-likeness (QED) is 0.906. The van der Waals surface area contributed by atoms with Crippen LogP contribution in [0.4, 0.5) is 5.69 Å². The molecule has 1 aliphatic heterocycles. The smallest absolute Gasteiger partial charge is 0.228 e. The molecule has 1 heterocycles. The number of carbonyl (C=O) groups excluding carboxylic acids is 3. The number of benzene rings is 1.